The van der Waals surface area contributed by atoms with Crippen LogP contribution in [0, 0.1) is 6.92 Å². The van der Waals surface area contributed by atoms with Crippen molar-refractivity contribution in [3.05, 3.63) is 65.4 Å². The first-order valence-corrected chi connectivity index (χ1v) is 9.97. The second-order valence-electron chi connectivity index (χ2n) is 7.06. The van der Waals surface area contributed by atoms with Gasteiger partial charge in [-0.3, -0.25) is 9.59 Å². The maximum atomic E-state index is 12.6. The highest BCUT2D eigenvalue weighted by atomic mass is 16.2. The average molecular weight is 406 g/mol. The molecule has 1 heterocycles. The van der Waals surface area contributed by atoms with Crippen molar-refractivity contribution < 1.29 is 14.4 Å². The summed E-state index contributed by atoms with van der Waals surface area (Å²) in [6.07, 6.45) is 1.62. The van der Waals surface area contributed by atoms with Crippen LogP contribution in [-0.4, -0.2) is 42.4 Å². The molecule has 1 aliphatic rings. The van der Waals surface area contributed by atoms with Crippen LogP contribution in [0.4, 0.5) is 16.2 Å². The maximum absolute atomic E-state index is 12.6. The average Bonchev–Trinajstić information content (AvgIpc) is 2.97. The molecular formula is C23H26N4O3. The molecule has 2 aromatic carbocycles. The molecule has 1 aliphatic heterocycles. The van der Waals surface area contributed by atoms with Crippen molar-refractivity contribution in [1.82, 2.24) is 10.2 Å². The van der Waals surface area contributed by atoms with E-state index in [-0.39, 0.29) is 12.2 Å². The summed E-state index contributed by atoms with van der Waals surface area (Å²) in [6.45, 7) is 7.57. The van der Waals surface area contributed by atoms with Gasteiger partial charge in [0.1, 0.15) is 12.2 Å². The highest BCUT2D eigenvalue weighted by Crippen LogP contribution is 2.19. The number of benzene rings is 2. The molecule has 1 fully saturated rings. The van der Waals surface area contributed by atoms with E-state index in [1.807, 2.05) is 49.4 Å². The van der Waals surface area contributed by atoms with E-state index < -0.39 is 17.8 Å². The molecule has 7 nitrogen and oxygen atoms in total. The molecule has 0 radical (unpaired) electrons. The lowest BCUT2D eigenvalue weighted by Crippen LogP contribution is -2.38. The number of hydrogen-bond donors (Lipinski definition) is 2. The van der Waals surface area contributed by atoms with Gasteiger partial charge in [0, 0.05) is 24.5 Å². The van der Waals surface area contributed by atoms with Crippen LogP contribution in [0.3, 0.4) is 0 Å². The van der Waals surface area contributed by atoms with Crippen LogP contribution >= 0.6 is 0 Å². The lowest BCUT2D eigenvalue weighted by Gasteiger charge is -2.20. The zero-order valence-corrected chi connectivity index (χ0v) is 17.4. The molecule has 2 N–H and O–H groups in total. The van der Waals surface area contributed by atoms with Crippen molar-refractivity contribution >= 4 is 35.3 Å². The van der Waals surface area contributed by atoms with Crippen molar-refractivity contribution in [2.24, 2.45) is 0 Å². The fourth-order valence-electron chi connectivity index (χ4n) is 3.32. The third kappa shape index (κ3) is 4.86. The summed E-state index contributed by atoms with van der Waals surface area (Å²) in [5.74, 6) is -0.957. The van der Waals surface area contributed by atoms with Gasteiger partial charge in [0.25, 0.3) is 5.91 Å². The normalized spacial score (nSPS) is 14.8. The Kier molecular flexibility index (Phi) is 6.51. The van der Waals surface area contributed by atoms with Crippen molar-refractivity contribution in [3.8, 4) is 0 Å². The van der Waals surface area contributed by atoms with E-state index in [0.29, 0.717) is 5.69 Å². The van der Waals surface area contributed by atoms with Crippen molar-refractivity contribution in [3.63, 3.8) is 0 Å². The fourth-order valence-corrected chi connectivity index (χ4v) is 3.32. The first kappa shape index (κ1) is 21.1. The number of nitrogens with one attached hydrogen (secondary N) is 2. The van der Waals surface area contributed by atoms with Crippen LogP contribution in [0.5, 0.6) is 0 Å². The van der Waals surface area contributed by atoms with E-state index >= 15 is 0 Å². The minimum atomic E-state index is -0.606. The van der Waals surface area contributed by atoms with E-state index in [1.165, 1.54) is 0 Å². The summed E-state index contributed by atoms with van der Waals surface area (Å²) in [6, 6.07) is 14.5. The first-order chi connectivity index (χ1) is 14.4. The van der Waals surface area contributed by atoms with Gasteiger partial charge in [-0.2, -0.15) is 0 Å². The number of carbonyl (C=O) groups excluding carboxylic acids is 3. The van der Waals surface area contributed by atoms with E-state index in [0.717, 1.165) is 34.8 Å². The molecule has 0 bridgehead atoms. The number of hydrogen-bond acceptors (Lipinski definition) is 4. The molecule has 0 aliphatic carbocycles. The molecule has 0 aromatic heterocycles. The van der Waals surface area contributed by atoms with E-state index in [4.69, 9.17) is 0 Å². The van der Waals surface area contributed by atoms with Crippen LogP contribution in [0.25, 0.3) is 6.08 Å². The predicted octanol–water partition coefficient (Wildman–Crippen LogP) is 3.37. The smallest absolute Gasteiger partial charge is 0.329 e. The number of aryl methyl sites for hydroxylation is 1. The van der Waals surface area contributed by atoms with Gasteiger partial charge in [-0.05, 0) is 62.2 Å². The maximum Gasteiger partial charge on any atom is 0.329 e. The Morgan fingerprint density at radius 3 is 2.43 bits per heavy atom. The van der Waals surface area contributed by atoms with Gasteiger partial charge in [0.15, 0.2) is 0 Å². The second kappa shape index (κ2) is 9.26. The Balaban J connectivity index is 1.67. The molecule has 0 spiro atoms. The van der Waals surface area contributed by atoms with Gasteiger partial charge in [0.05, 0.1) is 0 Å². The highest BCUT2D eigenvalue weighted by molar-refractivity contribution is 6.15. The van der Waals surface area contributed by atoms with Gasteiger partial charge in [-0.25, -0.2) is 9.69 Å². The Hall–Kier alpha value is -3.61. The van der Waals surface area contributed by atoms with Crippen molar-refractivity contribution in [2.45, 2.75) is 20.8 Å². The van der Waals surface area contributed by atoms with Crippen LogP contribution in [-0.2, 0) is 9.59 Å². The molecule has 3 rings (SSSR count). The van der Waals surface area contributed by atoms with Crippen LogP contribution < -0.4 is 15.5 Å². The quantitative estimate of drug-likeness (QED) is 0.546. The molecule has 2 aromatic rings. The largest absolute Gasteiger partial charge is 0.372 e. The van der Waals surface area contributed by atoms with Gasteiger partial charge in [0.2, 0.25) is 5.91 Å². The van der Waals surface area contributed by atoms with Crippen LogP contribution in [0.15, 0.2) is 54.2 Å². The summed E-state index contributed by atoms with van der Waals surface area (Å²) in [7, 11) is 0. The second-order valence-corrected chi connectivity index (χ2v) is 7.06. The van der Waals surface area contributed by atoms with E-state index in [1.54, 1.807) is 12.1 Å². The standard InChI is InChI=1S/C23H26N4O3/c1-4-26(5-2)19-11-9-17(10-12-19)14-20-22(29)27(23(30)25-20)15-21(28)24-18-8-6-7-16(3)13-18/h6-14H,4-5,15H2,1-3H3,(H,24,28)(H,25,30)/b20-14+. The number of carbonyl (C=O) groups is 3. The third-order valence-corrected chi connectivity index (χ3v) is 4.90. The van der Waals surface area contributed by atoms with Gasteiger partial charge in [-0.15, -0.1) is 0 Å². The van der Waals surface area contributed by atoms with Gasteiger partial charge < -0.3 is 15.5 Å². The Morgan fingerprint density at radius 1 is 1.10 bits per heavy atom. The molecule has 30 heavy (non-hydrogen) atoms. The monoisotopic (exact) mass is 406 g/mol. The summed E-state index contributed by atoms with van der Waals surface area (Å²) >= 11 is 0. The number of urea groups is 1. The Bertz CT molecular complexity index is 978. The molecule has 4 amide bonds. The number of rotatable bonds is 7. The van der Waals surface area contributed by atoms with E-state index in [9.17, 15) is 14.4 Å². The Morgan fingerprint density at radius 2 is 1.80 bits per heavy atom. The number of nitrogens with zero attached hydrogens (tertiary/aromatic N) is 2. The van der Waals surface area contributed by atoms with Crippen molar-refractivity contribution in [2.75, 3.05) is 29.9 Å². The number of amides is 4. The van der Waals surface area contributed by atoms with Gasteiger partial charge >= 0.3 is 6.03 Å². The zero-order chi connectivity index (χ0) is 21.7. The molecule has 7 heteroatoms. The van der Waals surface area contributed by atoms with Crippen LogP contribution in [0.2, 0.25) is 0 Å². The topological polar surface area (TPSA) is 81.8 Å². The lowest BCUT2D eigenvalue weighted by atomic mass is 10.1. The summed E-state index contributed by atoms with van der Waals surface area (Å²) in [5.41, 5.74) is 3.66. The minimum absolute atomic E-state index is 0.152. The lowest BCUT2D eigenvalue weighted by molar-refractivity contribution is -0.127. The zero-order valence-electron chi connectivity index (χ0n) is 17.4. The molecule has 1 saturated heterocycles. The molecule has 0 unspecified atom stereocenters. The highest BCUT2D eigenvalue weighted by Gasteiger charge is 2.34. The summed E-state index contributed by atoms with van der Waals surface area (Å²) < 4.78 is 0. The number of imide groups is 1. The third-order valence-electron chi connectivity index (χ3n) is 4.90. The molecule has 0 atom stereocenters. The Labute approximate surface area is 176 Å². The minimum Gasteiger partial charge on any atom is -0.372 e. The SMILES string of the molecule is CCN(CC)c1ccc(/C=C2/NC(=O)N(CC(=O)Nc3cccc(C)c3)C2=O)cc1. The molecule has 156 valence electrons. The summed E-state index contributed by atoms with van der Waals surface area (Å²) in [4.78, 5) is 40.2. The first-order valence-electron chi connectivity index (χ1n) is 9.97. The van der Waals surface area contributed by atoms with Crippen molar-refractivity contribution in [1.29, 1.82) is 0 Å². The predicted molar refractivity (Wildman–Crippen MR) is 118 cm³/mol. The summed E-state index contributed by atoms with van der Waals surface area (Å²) in [5, 5.41) is 5.25. The number of anilines is 2. The van der Waals surface area contributed by atoms with Gasteiger partial charge in [-0.1, -0.05) is 24.3 Å². The molecular weight excluding hydrogens is 380 g/mol. The molecule has 0 saturated carbocycles. The fraction of sp³-hybridized carbons (Fsp3) is 0.261. The van der Waals surface area contributed by atoms with E-state index in [2.05, 4.69) is 29.4 Å². The van der Waals surface area contributed by atoms with Crippen LogP contribution in [0.1, 0.15) is 25.0 Å².